The molecule has 9 heteroatoms. The molecule has 0 saturated heterocycles. The van der Waals surface area contributed by atoms with Crippen molar-refractivity contribution in [1.82, 2.24) is 19.9 Å². The monoisotopic (exact) mass is 471 g/mol. The van der Waals surface area contributed by atoms with Gasteiger partial charge in [-0.25, -0.2) is 0 Å². The first-order valence-electron chi connectivity index (χ1n) is 10.4. The predicted molar refractivity (Wildman–Crippen MR) is 130 cm³/mol. The van der Waals surface area contributed by atoms with Gasteiger partial charge in [-0.1, -0.05) is 41.0 Å². The topological polar surface area (TPSA) is 103 Å². The van der Waals surface area contributed by atoms with E-state index in [9.17, 15) is 9.59 Å². The highest BCUT2D eigenvalue weighted by Crippen LogP contribution is 2.32. The average molecular weight is 472 g/mol. The fourth-order valence-corrected chi connectivity index (χ4v) is 4.12. The van der Waals surface area contributed by atoms with E-state index in [4.69, 9.17) is 16.1 Å². The van der Waals surface area contributed by atoms with Crippen LogP contribution in [-0.2, 0) is 7.05 Å². The quantitative estimate of drug-likeness (QED) is 0.401. The summed E-state index contributed by atoms with van der Waals surface area (Å²) in [7, 11) is 1.69. The second-order valence-corrected chi connectivity index (χ2v) is 8.17. The summed E-state index contributed by atoms with van der Waals surface area (Å²) in [4.78, 5) is 26.2. The van der Waals surface area contributed by atoms with E-state index in [1.165, 1.54) is 6.26 Å². The largest absolute Gasteiger partial charge is 0.363 e. The molecule has 3 heterocycles. The van der Waals surface area contributed by atoms with Crippen molar-refractivity contribution in [2.24, 2.45) is 7.05 Å². The molecule has 0 radical (unpaired) electrons. The van der Waals surface area contributed by atoms with Crippen molar-refractivity contribution in [2.45, 2.75) is 6.92 Å². The van der Waals surface area contributed by atoms with Crippen molar-refractivity contribution in [3.63, 3.8) is 0 Å². The Kier molecular flexibility index (Phi) is 5.43. The lowest BCUT2D eigenvalue weighted by Gasteiger charge is -2.14. The zero-order valence-corrected chi connectivity index (χ0v) is 19.0. The molecule has 5 rings (SSSR count). The summed E-state index contributed by atoms with van der Waals surface area (Å²) in [6.07, 6.45) is 2.98. The molecule has 0 aliphatic carbocycles. The van der Waals surface area contributed by atoms with Gasteiger partial charge in [-0.2, -0.15) is 5.10 Å². The van der Waals surface area contributed by atoms with Crippen LogP contribution >= 0.6 is 11.6 Å². The number of nitrogens with one attached hydrogen (secondary N) is 1. The standard InChI is InChI=1S/C25H18ClN5O3/c1-14-7-8-15(24(32)28-21-9-10-34-30-21)11-18(14)19-12-16-13-27-29-22(23(16)31(2)25(19)33)17-5-3-4-6-20(17)26/h3-13H,1-2H3,(H,28,30,32). The van der Waals surface area contributed by atoms with Crippen molar-refractivity contribution in [2.75, 3.05) is 5.32 Å². The van der Waals surface area contributed by atoms with Gasteiger partial charge >= 0.3 is 0 Å². The van der Waals surface area contributed by atoms with E-state index in [2.05, 4.69) is 20.7 Å². The molecule has 0 spiro atoms. The van der Waals surface area contributed by atoms with Crippen molar-refractivity contribution >= 4 is 34.2 Å². The molecule has 0 atom stereocenters. The van der Waals surface area contributed by atoms with Crippen LogP contribution in [-0.4, -0.2) is 25.8 Å². The minimum absolute atomic E-state index is 0.231. The number of halogens is 1. The Morgan fingerprint density at radius 2 is 1.88 bits per heavy atom. The van der Waals surface area contributed by atoms with Gasteiger partial charge in [0.1, 0.15) is 12.0 Å². The Labute approximate surface area is 198 Å². The number of benzene rings is 2. The molecule has 0 aliphatic rings. The van der Waals surface area contributed by atoms with Crippen LogP contribution in [0.5, 0.6) is 0 Å². The molecule has 0 aliphatic heterocycles. The van der Waals surface area contributed by atoms with Gasteiger partial charge in [-0.15, -0.1) is 5.10 Å². The number of anilines is 1. The number of nitrogens with zero attached hydrogens (tertiary/aromatic N) is 4. The van der Waals surface area contributed by atoms with Gasteiger partial charge in [0.05, 0.1) is 16.7 Å². The number of hydrogen-bond acceptors (Lipinski definition) is 6. The number of aromatic nitrogens is 4. The van der Waals surface area contributed by atoms with E-state index in [0.29, 0.717) is 44.3 Å². The van der Waals surface area contributed by atoms with Gasteiger partial charge in [0.25, 0.3) is 11.5 Å². The molecule has 168 valence electrons. The Bertz CT molecular complexity index is 1610. The highest BCUT2D eigenvalue weighted by molar-refractivity contribution is 6.33. The fraction of sp³-hybridized carbons (Fsp3) is 0.0800. The number of pyridine rings is 1. The SMILES string of the molecule is Cc1ccc(C(=O)Nc2ccon2)cc1-c1cc2cnnc(-c3ccccc3Cl)c2n(C)c1=O. The summed E-state index contributed by atoms with van der Waals surface area (Å²) >= 11 is 6.39. The van der Waals surface area contributed by atoms with Crippen LogP contribution in [0.1, 0.15) is 15.9 Å². The molecule has 0 saturated carbocycles. The number of rotatable bonds is 4. The van der Waals surface area contributed by atoms with Crippen LogP contribution in [0.2, 0.25) is 5.02 Å². The molecule has 3 aromatic heterocycles. The summed E-state index contributed by atoms with van der Waals surface area (Å²) in [5.74, 6) is -0.0564. The Morgan fingerprint density at radius 3 is 2.65 bits per heavy atom. The third-order valence-electron chi connectivity index (χ3n) is 5.62. The number of amides is 1. The van der Waals surface area contributed by atoms with Gasteiger partial charge in [0, 0.05) is 35.2 Å². The van der Waals surface area contributed by atoms with Gasteiger partial charge in [-0.05, 0) is 42.3 Å². The summed E-state index contributed by atoms with van der Waals surface area (Å²) in [5, 5.41) is 16.0. The molecule has 2 aromatic carbocycles. The van der Waals surface area contributed by atoms with Gasteiger partial charge in [0.15, 0.2) is 5.82 Å². The molecule has 1 N–H and O–H groups in total. The minimum Gasteiger partial charge on any atom is -0.363 e. The van der Waals surface area contributed by atoms with Crippen LogP contribution in [0.4, 0.5) is 5.82 Å². The van der Waals surface area contributed by atoms with Crippen molar-refractivity contribution in [3.05, 3.63) is 93.6 Å². The van der Waals surface area contributed by atoms with Crippen molar-refractivity contribution in [1.29, 1.82) is 0 Å². The van der Waals surface area contributed by atoms with Crippen molar-refractivity contribution in [3.8, 4) is 22.4 Å². The van der Waals surface area contributed by atoms with E-state index >= 15 is 0 Å². The number of fused-ring (bicyclic) bond motifs is 1. The van der Waals surface area contributed by atoms with E-state index in [1.807, 2.05) is 25.1 Å². The molecule has 0 bridgehead atoms. The molecular weight excluding hydrogens is 454 g/mol. The maximum absolute atomic E-state index is 13.5. The Hall–Kier alpha value is -4.30. The van der Waals surface area contributed by atoms with E-state index in [0.717, 1.165) is 10.9 Å². The first-order chi connectivity index (χ1) is 16.4. The lowest BCUT2D eigenvalue weighted by molar-refractivity contribution is 0.102. The van der Waals surface area contributed by atoms with Gasteiger partial charge < -0.3 is 14.4 Å². The van der Waals surface area contributed by atoms with Crippen LogP contribution in [0, 0.1) is 6.92 Å². The van der Waals surface area contributed by atoms with Crippen molar-refractivity contribution < 1.29 is 9.32 Å². The first-order valence-corrected chi connectivity index (χ1v) is 10.7. The number of hydrogen-bond donors (Lipinski definition) is 1. The first kappa shape index (κ1) is 21.5. The van der Waals surface area contributed by atoms with Gasteiger partial charge in [-0.3, -0.25) is 9.59 Å². The second-order valence-electron chi connectivity index (χ2n) is 7.77. The number of aryl methyl sites for hydroxylation is 2. The lowest BCUT2D eigenvalue weighted by Crippen LogP contribution is -2.20. The Morgan fingerprint density at radius 1 is 1.06 bits per heavy atom. The molecular formula is C25H18ClN5O3. The highest BCUT2D eigenvalue weighted by atomic mass is 35.5. The predicted octanol–water partition coefficient (Wildman–Crippen LogP) is 4.86. The second kappa shape index (κ2) is 8.57. The summed E-state index contributed by atoms with van der Waals surface area (Å²) < 4.78 is 6.30. The molecule has 5 aromatic rings. The molecule has 0 fully saturated rings. The summed E-state index contributed by atoms with van der Waals surface area (Å²) in [5.41, 5.74) is 3.92. The normalized spacial score (nSPS) is 11.0. The highest BCUT2D eigenvalue weighted by Gasteiger charge is 2.18. The maximum Gasteiger partial charge on any atom is 0.258 e. The lowest BCUT2D eigenvalue weighted by atomic mass is 9.97. The summed E-state index contributed by atoms with van der Waals surface area (Å²) in [6, 6.07) is 15.8. The van der Waals surface area contributed by atoms with Crippen LogP contribution in [0.25, 0.3) is 33.3 Å². The number of carbonyl (C=O) groups is 1. The Balaban J connectivity index is 1.66. The average Bonchev–Trinajstić information content (AvgIpc) is 3.35. The molecule has 0 unspecified atom stereocenters. The van der Waals surface area contributed by atoms with Crippen LogP contribution in [0.15, 0.2) is 76.4 Å². The molecule has 34 heavy (non-hydrogen) atoms. The number of carbonyl (C=O) groups excluding carboxylic acids is 1. The smallest absolute Gasteiger partial charge is 0.258 e. The zero-order valence-electron chi connectivity index (χ0n) is 18.2. The van der Waals surface area contributed by atoms with E-state index < -0.39 is 0 Å². The van der Waals surface area contributed by atoms with Gasteiger partial charge in [0.2, 0.25) is 0 Å². The van der Waals surface area contributed by atoms with E-state index in [1.54, 1.807) is 54.2 Å². The summed E-state index contributed by atoms with van der Waals surface area (Å²) in [6.45, 7) is 1.89. The molecule has 8 nitrogen and oxygen atoms in total. The third kappa shape index (κ3) is 3.74. The minimum atomic E-state index is -0.361. The van der Waals surface area contributed by atoms with Crippen LogP contribution < -0.4 is 10.9 Å². The third-order valence-corrected chi connectivity index (χ3v) is 5.95. The maximum atomic E-state index is 13.5. The van der Waals surface area contributed by atoms with E-state index in [-0.39, 0.29) is 11.5 Å². The zero-order chi connectivity index (χ0) is 23.8. The fourth-order valence-electron chi connectivity index (χ4n) is 3.90. The van der Waals surface area contributed by atoms with Crippen LogP contribution in [0.3, 0.4) is 0 Å². The molecule has 1 amide bonds.